The maximum Gasteiger partial charge on any atom is 0.103 e. The number of hydrogen-bond donors (Lipinski definition) is 0. The van der Waals surface area contributed by atoms with E-state index in [4.69, 9.17) is 4.42 Å². The van der Waals surface area contributed by atoms with Crippen molar-refractivity contribution in [3.63, 3.8) is 0 Å². The Morgan fingerprint density at radius 2 is 1.02 bits per heavy atom. The Kier molecular flexibility index (Phi) is 16.1. The van der Waals surface area contributed by atoms with Crippen molar-refractivity contribution in [3.05, 3.63) is 162 Å². The third-order valence-corrected chi connectivity index (χ3v) is 10.1. The van der Waals surface area contributed by atoms with Crippen LogP contribution in [0.3, 0.4) is 0 Å². The number of thiophene rings is 1. The van der Waals surface area contributed by atoms with Crippen LogP contribution in [0.15, 0.2) is 83.3 Å². The number of aromatic nitrogens is 1. The molecule has 0 N–H and O–H groups in total. The van der Waals surface area contributed by atoms with E-state index in [1.54, 1.807) is 0 Å². The van der Waals surface area contributed by atoms with E-state index in [1.165, 1.54) is 82.3 Å². The Morgan fingerprint density at radius 3 is 1.33 bits per heavy atom. The number of rotatable bonds is 1. The molecule has 0 saturated heterocycles. The molecular weight excluding hydrogens is 615 g/mol. The van der Waals surface area contributed by atoms with Gasteiger partial charge in [-0.2, -0.15) is 0 Å². The third kappa shape index (κ3) is 13.4. The SMILES string of the molecule is Cc1cc(C)c(C)o1.Cc1cc(C)c(C)s1.Cc1cc(C)n(C)c1C.Cc1ccc(-c2ccc(C)cc2C)cc1.Cc1ccc(C)c(C)c1. The van der Waals surface area contributed by atoms with Crippen LogP contribution in [0.2, 0.25) is 0 Å². The molecule has 0 aliphatic rings. The smallest absolute Gasteiger partial charge is 0.103 e. The van der Waals surface area contributed by atoms with Crippen LogP contribution in [0, 0.1) is 104 Å². The van der Waals surface area contributed by atoms with Crippen LogP contribution in [0.5, 0.6) is 0 Å². The zero-order valence-corrected chi connectivity index (χ0v) is 34.1. The van der Waals surface area contributed by atoms with Gasteiger partial charge in [0.15, 0.2) is 0 Å². The lowest BCUT2D eigenvalue weighted by atomic mass is 9.98. The van der Waals surface area contributed by atoms with Gasteiger partial charge in [0.2, 0.25) is 0 Å². The van der Waals surface area contributed by atoms with Crippen molar-refractivity contribution in [2.45, 2.75) is 104 Å². The van der Waals surface area contributed by atoms with E-state index in [0.29, 0.717) is 0 Å². The van der Waals surface area contributed by atoms with Gasteiger partial charge in [0.05, 0.1) is 0 Å². The molecule has 0 fully saturated rings. The quantitative estimate of drug-likeness (QED) is 0.170. The van der Waals surface area contributed by atoms with Crippen LogP contribution in [0.1, 0.15) is 82.7 Å². The molecule has 0 saturated carbocycles. The standard InChI is InChI=1S/C15H16.C9H12.C8H13N.C7H10O.C7H10S/c1-11-4-7-14(8-5-11)15-9-6-12(2)10-13(15)3;1-7-4-5-8(2)9(3)6-7;1-6-5-7(2)9(4)8(6)3;2*1-5-4-6(2)8-7(5)3/h4-10H,1-3H3;4-6H,1-3H3;5H,1-4H3;2*4H,1-3H3. The molecule has 49 heavy (non-hydrogen) atoms. The first-order valence-corrected chi connectivity index (χ1v) is 18.1. The highest BCUT2D eigenvalue weighted by atomic mass is 32.1. The highest BCUT2D eigenvalue weighted by molar-refractivity contribution is 7.12. The lowest BCUT2D eigenvalue weighted by Gasteiger charge is -2.07. The predicted octanol–water partition coefficient (Wildman–Crippen LogP) is 13.7. The molecule has 0 aliphatic heterocycles. The van der Waals surface area contributed by atoms with Gasteiger partial charge in [-0.15, -0.1) is 11.3 Å². The van der Waals surface area contributed by atoms with Crippen LogP contribution in [-0.2, 0) is 7.05 Å². The molecule has 6 aromatic rings. The fourth-order valence-corrected chi connectivity index (χ4v) is 6.26. The summed E-state index contributed by atoms with van der Waals surface area (Å²) in [5.74, 6) is 2.03. The minimum absolute atomic E-state index is 1.00. The van der Waals surface area contributed by atoms with E-state index in [1.807, 2.05) is 38.2 Å². The van der Waals surface area contributed by atoms with Gasteiger partial charge in [0.25, 0.3) is 0 Å². The van der Waals surface area contributed by atoms with Gasteiger partial charge < -0.3 is 8.98 Å². The zero-order chi connectivity index (χ0) is 37.0. The molecule has 0 spiro atoms. The summed E-state index contributed by atoms with van der Waals surface area (Å²) in [4.78, 5) is 2.86. The van der Waals surface area contributed by atoms with Crippen LogP contribution < -0.4 is 0 Å². The van der Waals surface area contributed by atoms with Crippen molar-refractivity contribution in [2.24, 2.45) is 7.05 Å². The minimum atomic E-state index is 1.00. The molecule has 0 radical (unpaired) electrons. The molecule has 0 aliphatic carbocycles. The zero-order valence-electron chi connectivity index (χ0n) is 33.3. The molecule has 0 amide bonds. The largest absolute Gasteiger partial charge is 0.466 e. The van der Waals surface area contributed by atoms with E-state index >= 15 is 0 Å². The van der Waals surface area contributed by atoms with Crippen LogP contribution >= 0.6 is 11.3 Å². The molecule has 3 aromatic carbocycles. The maximum absolute atomic E-state index is 5.21. The summed E-state index contributed by atoms with van der Waals surface area (Å²) < 4.78 is 7.42. The molecule has 0 unspecified atom stereocenters. The van der Waals surface area contributed by atoms with Gasteiger partial charge in [-0.25, -0.2) is 0 Å². The van der Waals surface area contributed by atoms with Gasteiger partial charge in [0, 0.05) is 28.2 Å². The minimum Gasteiger partial charge on any atom is -0.466 e. The van der Waals surface area contributed by atoms with Crippen molar-refractivity contribution < 1.29 is 4.42 Å². The monoisotopic (exact) mass is 675 g/mol. The van der Waals surface area contributed by atoms with Crippen molar-refractivity contribution in [1.82, 2.24) is 4.57 Å². The first kappa shape index (κ1) is 41.1. The Balaban J connectivity index is 0.000000218. The summed E-state index contributed by atoms with van der Waals surface area (Å²) in [6.45, 7) is 31.7. The Labute approximate surface area is 302 Å². The predicted molar refractivity (Wildman–Crippen MR) is 218 cm³/mol. The van der Waals surface area contributed by atoms with Crippen LogP contribution in [-0.4, -0.2) is 4.57 Å². The number of benzene rings is 3. The molecule has 3 heterocycles. The van der Waals surface area contributed by atoms with Gasteiger partial charge >= 0.3 is 0 Å². The first-order chi connectivity index (χ1) is 22.9. The van der Waals surface area contributed by atoms with Crippen molar-refractivity contribution in [3.8, 4) is 11.1 Å². The summed E-state index contributed by atoms with van der Waals surface area (Å²) >= 11 is 1.87. The number of furan rings is 1. The van der Waals surface area contributed by atoms with Gasteiger partial charge in [-0.05, 0) is 167 Å². The van der Waals surface area contributed by atoms with E-state index in [9.17, 15) is 0 Å². The topological polar surface area (TPSA) is 18.1 Å². The molecule has 6 rings (SSSR count). The second-order valence-corrected chi connectivity index (χ2v) is 15.0. The lowest BCUT2D eigenvalue weighted by Crippen LogP contribution is -1.92. The average Bonchev–Trinajstić information content (AvgIpc) is 3.58. The highest BCUT2D eigenvalue weighted by Crippen LogP contribution is 2.24. The van der Waals surface area contributed by atoms with Gasteiger partial charge in [-0.3, -0.25) is 0 Å². The lowest BCUT2D eigenvalue weighted by molar-refractivity contribution is 0.502. The maximum atomic E-state index is 5.21. The first-order valence-electron chi connectivity index (χ1n) is 17.2. The van der Waals surface area contributed by atoms with E-state index in [2.05, 4.69) is 167 Å². The summed E-state index contributed by atoms with van der Waals surface area (Å²) in [5.41, 5.74) is 17.5. The molecular formula is C46H61NOS. The van der Waals surface area contributed by atoms with Crippen molar-refractivity contribution in [1.29, 1.82) is 0 Å². The Morgan fingerprint density at radius 1 is 0.469 bits per heavy atom. The fourth-order valence-electron chi connectivity index (χ4n) is 5.32. The van der Waals surface area contributed by atoms with Crippen LogP contribution in [0.4, 0.5) is 0 Å². The number of aryl methyl sites for hydroxylation is 14. The van der Waals surface area contributed by atoms with Crippen LogP contribution in [0.25, 0.3) is 11.1 Å². The second-order valence-electron chi connectivity index (χ2n) is 13.6. The second kappa shape index (κ2) is 19.2. The van der Waals surface area contributed by atoms with Crippen molar-refractivity contribution >= 4 is 11.3 Å². The normalized spacial score (nSPS) is 10.0. The number of hydrogen-bond acceptors (Lipinski definition) is 2. The summed E-state index contributed by atoms with van der Waals surface area (Å²) in [6.07, 6.45) is 0. The van der Waals surface area contributed by atoms with Crippen molar-refractivity contribution in [2.75, 3.05) is 0 Å². The van der Waals surface area contributed by atoms with Gasteiger partial charge in [-0.1, -0.05) is 77.4 Å². The Hall–Kier alpha value is -4.08. The molecule has 262 valence electrons. The molecule has 3 heteroatoms. The molecule has 0 atom stereocenters. The van der Waals surface area contributed by atoms with E-state index < -0.39 is 0 Å². The van der Waals surface area contributed by atoms with E-state index in [-0.39, 0.29) is 0 Å². The van der Waals surface area contributed by atoms with E-state index in [0.717, 1.165) is 11.5 Å². The molecule has 2 nitrogen and oxygen atoms in total. The van der Waals surface area contributed by atoms with Gasteiger partial charge in [0.1, 0.15) is 11.5 Å². The highest BCUT2D eigenvalue weighted by Gasteiger charge is 2.01. The fraction of sp³-hybridized carbons (Fsp3) is 0.348. The summed E-state index contributed by atoms with van der Waals surface area (Å²) in [6, 6.07) is 28.3. The third-order valence-electron chi connectivity index (χ3n) is 9.01. The average molecular weight is 676 g/mol. The summed E-state index contributed by atoms with van der Waals surface area (Å²) in [7, 11) is 2.09. The Bertz CT molecular complexity index is 1800. The summed E-state index contributed by atoms with van der Waals surface area (Å²) in [5, 5.41) is 0. The molecule has 3 aromatic heterocycles. The molecule has 0 bridgehead atoms. The number of nitrogens with zero attached hydrogens (tertiary/aromatic N) is 1.